The summed E-state index contributed by atoms with van der Waals surface area (Å²) in [5, 5.41) is 13.8. The summed E-state index contributed by atoms with van der Waals surface area (Å²) in [4.78, 5) is 0. The standard InChI is InChI=1S/C16H26ClNO2S/c1-13-10-15(6-7-16(13)17)20-12-14(19)11-18-8-4-3-5-9-21-2/h6-7,10,14,18-19H,3-5,8-9,11-12H2,1-2H3. The fraction of sp³-hybridized carbons (Fsp3) is 0.625. The summed E-state index contributed by atoms with van der Waals surface area (Å²) < 4.78 is 5.56. The Morgan fingerprint density at radius 3 is 2.86 bits per heavy atom. The molecule has 1 rings (SSSR count). The van der Waals surface area contributed by atoms with E-state index in [0.717, 1.165) is 29.3 Å². The first-order chi connectivity index (χ1) is 10.1. The molecule has 0 amide bonds. The van der Waals surface area contributed by atoms with Crippen LogP contribution in [0.1, 0.15) is 24.8 Å². The van der Waals surface area contributed by atoms with Crippen LogP contribution in [0.25, 0.3) is 0 Å². The highest BCUT2D eigenvalue weighted by Crippen LogP contribution is 2.21. The Kier molecular flexibility index (Phi) is 9.92. The molecule has 0 spiro atoms. The average Bonchev–Trinajstić information content (AvgIpc) is 2.47. The zero-order chi connectivity index (χ0) is 15.5. The predicted molar refractivity (Wildman–Crippen MR) is 92.8 cm³/mol. The monoisotopic (exact) mass is 331 g/mol. The molecule has 1 atom stereocenters. The van der Waals surface area contributed by atoms with Gasteiger partial charge in [0.15, 0.2) is 0 Å². The van der Waals surface area contributed by atoms with Crippen molar-refractivity contribution in [3.63, 3.8) is 0 Å². The molecule has 0 fully saturated rings. The van der Waals surface area contributed by atoms with Crippen molar-refractivity contribution in [2.24, 2.45) is 0 Å². The van der Waals surface area contributed by atoms with Crippen LogP contribution in [0.15, 0.2) is 18.2 Å². The molecule has 0 saturated heterocycles. The third-order valence-corrected chi connectivity index (χ3v) is 4.27. The van der Waals surface area contributed by atoms with Crippen molar-refractivity contribution in [3.8, 4) is 5.75 Å². The summed E-state index contributed by atoms with van der Waals surface area (Å²) in [5.41, 5.74) is 0.979. The third-order valence-electron chi connectivity index (χ3n) is 3.15. The molecule has 0 aromatic heterocycles. The molecule has 0 aliphatic rings. The second-order valence-electron chi connectivity index (χ2n) is 5.13. The van der Waals surface area contributed by atoms with Gasteiger partial charge in [0, 0.05) is 11.6 Å². The van der Waals surface area contributed by atoms with E-state index in [1.165, 1.54) is 18.6 Å². The maximum atomic E-state index is 9.86. The molecule has 0 bridgehead atoms. The lowest BCUT2D eigenvalue weighted by Crippen LogP contribution is -2.32. The Bertz CT molecular complexity index is 404. The molecule has 0 radical (unpaired) electrons. The van der Waals surface area contributed by atoms with Crippen LogP contribution in [0, 0.1) is 6.92 Å². The largest absolute Gasteiger partial charge is 0.491 e. The number of thioether (sulfide) groups is 1. The summed E-state index contributed by atoms with van der Waals surface area (Å²) in [7, 11) is 0. The van der Waals surface area contributed by atoms with Gasteiger partial charge in [0.25, 0.3) is 0 Å². The smallest absolute Gasteiger partial charge is 0.119 e. The number of aliphatic hydroxyl groups excluding tert-OH is 1. The number of hydrogen-bond donors (Lipinski definition) is 2. The SMILES string of the molecule is CSCCCCCNCC(O)COc1ccc(Cl)c(C)c1. The van der Waals surface area contributed by atoms with Crippen LogP contribution in [-0.4, -0.2) is 42.9 Å². The summed E-state index contributed by atoms with van der Waals surface area (Å²) in [6, 6.07) is 5.51. The number of ether oxygens (including phenoxy) is 1. The van der Waals surface area contributed by atoms with E-state index in [2.05, 4.69) is 11.6 Å². The molecule has 120 valence electrons. The highest BCUT2D eigenvalue weighted by atomic mass is 35.5. The highest BCUT2D eigenvalue weighted by molar-refractivity contribution is 7.98. The lowest BCUT2D eigenvalue weighted by Gasteiger charge is -2.14. The molecular weight excluding hydrogens is 306 g/mol. The van der Waals surface area contributed by atoms with Crippen molar-refractivity contribution in [2.75, 3.05) is 31.7 Å². The molecule has 1 aromatic carbocycles. The quantitative estimate of drug-likeness (QED) is 0.609. The Labute approximate surface area is 137 Å². The zero-order valence-electron chi connectivity index (χ0n) is 12.9. The van der Waals surface area contributed by atoms with Gasteiger partial charge in [-0.05, 0) is 62.1 Å². The number of aryl methyl sites for hydroxylation is 1. The number of hydrogen-bond acceptors (Lipinski definition) is 4. The Balaban J connectivity index is 2.08. The van der Waals surface area contributed by atoms with Gasteiger partial charge < -0.3 is 15.2 Å². The van der Waals surface area contributed by atoms with Gasteiger partial charge >= 0.3 is 0 Å². The number of benzene rings is 1. The molecule has 1 aromatic rings. The molecular formula is C16H26ClNO2S. The number of aliphatic hydroxyl groups is 1. The fourth-order valence-electron chi connectivity index (χ4n) is 1.90. The molecule has 0 heterocycles. The van der Waals surface area contributed by atoms with Crippen molar-refractivity contribution in [2.45, 2.75) is 32.3 Å². The molecule has 1 unspecified atom stereocenters. The maximum Gasteiger partial charge on any atom is 0.119 e. The minimum atomic E-state index is -0.493. The van der Waals surface area contributed by atoms with Gasteiger partial charge in [-0.25, -0.2) is 0 Å². The Morgan fingerprint density at radius 1 is 1.33 bits per heavy atom. The topological polar surface area (TPSA) is 41.5 Å². The normalized spacial score (nSPS) is 12.4. The molecule has 2 N–H and O–H groups in total. The maximum absolute atomic E-state index is 9.86. The van der Waals surface area contributed by atoms with E-state index in [9.17, 15) is 5.11 Å². The van der Waals surface area contributed by atoms with Crippen LogP contribution >= 0.6 is 23.4 Å². The minimum Gasteiger partial charge on any atom is -0.491 e. The number of nitrogens with one attached hydrogen (secondary N) is 1. The van der Waals surface area contributed by atoms with Gasteiger partial charge in [-0.1, -0.05) is 18.0 Å². The Morgan fingerprint density at radius 2 is 2.14 bits per heavy atom. The number of halogens is 1. The fourth-order valence-corrected chi connectivity index (χ4v) is 2.51. The van der Waals surface area contributed by atoms with Crippen molar-refractivity contribution < 1.29 is 9.84 Å². The van der Waals surface area contributed by atoms with E-state index in [1.54, 1.807) is 0 Å². The van der Waals surface area contributed by atoms with Crippen molar-refractivity contribution in [1.82, 2.24) is 5.32 Å². The van der Waals surface area contributed by atoms with Crippen LogP contribution in [0.4, 0.5) is 0 Å². The first-order valence-electron chi connectivity index (χ1n) is 7.40. The number of rotatable bonds is 11. The zero-order valence-corrected chi connectivity index (χ0v) is 14.5. The molecule has 0 aliphatic carbocycles. The summed E-state index contributed by atoms with van der Waals surface area (Å²) in [6.45, 7) is 3.74. The first-order valence-corrected chi connectivity index (χ1v) is 9.17. The second kappa shape index (κ2) is 11.2. The van der Waals surface area contributed by atoms with E-state index in [1.807, 2.05) is 36.9 Å². The van der Waals surface area contributed by atoms with Crippen molar-refractivity contribution >= 4 is 23.4 Å². The summed E-state index contributed by atoms with van der Waals surface area (Å²) in [5.74, 6) is 1.98. The highest BCUT2D eigenvalue weighted by Gasteiger charge is 2.05. The van der Waals surface area contributed by atoms with Gasteiger partial charge in [-0.15, -0.1) is 0 Å². The van der Waals surface area contributed by atoms with E-state index in [4.69, 9.17) is 16.3 Å². The van der Waals surface area contributed by atoms with Gasteiger partial charge in [0.05, 0.1) is 0 Å². The van der Waals surface area contributed by atoms with Gasteiger partial charge in [-0.3, -0.25) is 0 Å². The van der Waals surface area contributed by atoms with E-state index in [0.29, 0.717) is 13.2 Å². The second-order valence-corrected chi connectivity index (χ2v) is 6.53. The van der Waals surface area contributed by atoms with Crippen LogP contribution in [0.3, 0.4) is 0 Å². The molecule has 21 heavy (non-hydrogen) atoms. The molecule has 5 heteroatoms. The molecule has 0 saturated carbocycles. The lowest BCUT2D eigenvalue weighted by molar-refractivity contribution is 0.106. The van der Waals surface area contributed by atoms with Gasteiger partial charge in [0.2, 0.25) is 0 Å². The molecule has 3 nitrogen and oxygen atoms in total. The van der Waals surface area contributed by atoms with E-state index < -0.39 is 6.10 Å². The lowest BCUT2D eigenvalue weighted by atomic mass is 10.2. The van der Waals surface area contributed by atoms with E-state index >= 15 is 0 Å². The van der Waals surface area contributed by atoms with Crippen LogP contribution in [0.2, 0.25) is 5.02 Å². The van der Waals surface area contributed by atoms with Crippen LogP contribution in [0.5, 0.6) is 5.75 Å². The first kappa shape index (κ1) is 18.6. The molecule has 0 aliphatic heterocycles. The summed E-state index contributed by atoms with van der Waals surface area (Å²) >= 11 is 7.85. The predicted octanol–water partition coefficient (Wildman–Crippen LogP) is 3.51. The number of unbranched alkanes of at least 4 members (excludes halogenated alkanes) is 2. The van der Waals surface area contributed by atoms with Crippen LogP contribution < -0.4 is 10.1 Å². The van der Waals surface area contributed by atoms with Gasteiger partial charge in [0.1, 0.15) is 18.5 Å². The van der Waals surface area contributed by atoms with Crippen LogP contribution in [-0.2, 0) is 0 Å². The van der Waals surface area contributed by atoms with Crippen molar-refractivity contribution in [1.29, 1.82) is 0 Å². The van der Waals surface area contributed by atoms with Gasteiger partial charge in [-0.2, -0.15) is 11.8 Å². The van der Waals surface area contributed by atoms with Crippen molar-refractivity contribution in [3.05, 3.63) is 28.8 Å². The average molecular weight is 332 g/mol. The third kappa shape index (κ3) is 8.57. The minimum absolute atomic E-state index is 0.292. The van der Waals surface area contributed by atoms with E-state index in [-0.39, 0.29) is 0 Å². The summed E-state index contributed by atoms with van der Waals surface area (Å²) in [6.07, 6.45) is 5.31. The Hall–Kier alpha value is -0.420.